The van der Waals surface area contributed by atoms with Crippen LogP contribution < -0.4 is 0 Å². The van der Waals surface area contributed by atoms with Gasteiger partial charge in [-0.1, -0.05) is 6.92 Å². The zero-order valence-corrected chi connectivity index (χ0v) is 10.1. The van der Waals surface area contributed by atoms with Crippen LogP contribution in [-0.2, 0) is 13.6 Å². The number of thioether (sulfide) groups is 1. The fraction of sp³-hybridized carbons (Fsp3) is 0.750. The van der Waals surface area contributed by atoms with Gasteiger partial charge >= 0.3 is 7.60 Å². The van der Waals surface area contributed by atoms with Crippen LogP contribution in [0.3, 0.4) is 0 Å². The second-order valence-electron chi connectivity index (χ2n) is 3.25. The van der Waals surface area contributed by atoms with Crippen LogP contribution in [0.1, 0.15) is 20.8 Å². The quantitative estimate of drug-likeness (QED) is 0.687. The summed E-state index contributed by atoms with van der Waals surface area (Å²) in [5, 5.41) is 0. The van der Waals surface area contributed by atoms with Gasteiger partial charge in [-0.3, -0.25) is 9.09 Å². The van der Waals surface area contributed by atoms with E-state index >= 15 is 0 Å². The minimum absolute atomic E-state index is 0.466. The Morgan fingerprint density at radius 1 is 1.69 bits per heavy atom. The Hall–Kier alpha value is 0.240. The Labute approximate surface area is 83.4 Å². The van der Waals surface area contributed by atoms with Gasteiger partial charge in [-0.15, -0.1) is 11.8 Å². The molecule has 0 amide bonds. The first kappa shape index (κ1) is 11.3. The van der Waals surface area contributed by atoms with Gasteiger partial charge in [0.25, 0.3) is 0 Å². The van der Waals surface area contributed by atoms with E-state index in [1.165, 1.54) is 7.11 Å². The van der Waals surface area contributed by atoms with E-state index in [0.717, 1.165) is 10.7 Å². The van der Waals surface area contributed by atoms with Gasteiger partial charge in [-0.2, -0.15) is 0 Å². The molecule has 0 saturated carbocycles. The predicted octanol–water partition coefficient (Wildman–Crippen LogP) is 3.23. The van der Waals surface area contributed by atoms with Crippen molar-refractivity contribution in [2.75, 3.05) is 12.9 Å². The SMILES string of the molecule is CCSC1=CP(=O)(OC)OC1(C)C. The molecular formula is C8H15O3PS. The maximum atomic E-state index is 11.7. The van der Waals surface area contributed by atoms with E-state index < -0.39 is 13.2 Å². The van der Waals surface area contributed by atoms with Crippen molar-refractivity contribution in [1.82, 2.24) is 0 Å². The fourth-order valence-corrected chi connectivity index (χ4v) is 4.16. The molecular weight excluding hydrogens is 207 g/mol. The lowest BCUT2D eigenvalue weighted by Crippen LogP contribution is -2.19. The molecule has 1 heterocycles. The molecule has 1 atom stereocenters. The monoisotopic (exact) mass is 222 g/mol. The van der Waals surface area contributed by atoms with Crippen LogP contribution in [0.5, 0.6) is 0 Å². The highest BCUT2D eigenvalue weighted by Gasteiger charge is 2.41. The summed E-state index contributed by atoms with van der Waals surface area (Å²) in [7, 11) is -1.53. The lowest BCUT2D eigenvalue weighted by Gasteiger charge is -2.21. The summed E-state index contributed by atoms with van der Waals surface area (Å²) in [5.41, 5.74) is -0.466. The zero-order chi connectivity index (χ0) is 10.1. The van der Waals surface area contributed by atoms with Crippen LogP contribution in [0.25, 0.3) is 0 Å². The molecule has 0 aromatic rings. The van der Waals surface area contributed by atoms with E-state index in [1.807, 2.05) is 13.8 Å². The molecule has 0 bridgehead atoms. The molecule has 0 N–H and O–H groups in total. The molecule has 0 aromatic carbocycles. The molecule has 1 aliphatic heterocycles. The van der Waals surface area contributed by atoms with Crippen molar-refractivity contribution in [3.8, 4) is 0 Å². The Balaban J connectivity index is 2.90. The van der Waals surface area contributed by atoms with Crippen molar-refractivity contribution in [1.29, 1.82) is 0 Å². The standard InChI is InChI=1S/C8H15O3PS/c1-5-13-7-6-12(9,10-4)11-8(7,2)3/h6H,5H2,1-4H3. The maximum Gasteiger partial charge on any atom is 0.355 e. The summed E-state index contributed by atoms with van der Waals surface area (Å²) in [5.74, 6) is 2.57. The van der Waals surface area contributed by atoms with E-state index in [-0.39, 0.29) is 0 Å². The molecule has 0 saturated heterocycles. The summed E-state index contributed by atoms with van der Waals surface area (Å²) in [6.07, 6.45) is 0. The van der Waals surface area contributed by atoms with E-state index in [9.17, 15) is 4.57 Å². The predicted molar refractivity (Wildman–Crippen MR) is 56.0 cm³/mol. The van der Waals surface area contributed by atoms with Gasteiger partial charge in [0.1, 0.15) is 5.60 Å². The Morgan fingerprint density at radius 3 is 2.69 bits per heavy atom. The molecule has 3 nitrogen and oxygen atoms in total. The van der Waals surface area contributed by atoms with Crippen molar-refractivity contribution in [3.63, 3.8) is 0 Å². The highest BCUT2D eigenvalue weighted by Crippen LogP contribution is 2.62. The first-order chi connectivity index (χ1) is 5.93. The summed E-state index contributed by atoms with van der Waals surface area (Å²) in [6.45, 7) is 5.86. The first-order valence-corrected chi connectivity index (χ1v) is 6.75. The van der Waals surface area contributed by atoms with E-state index in [0.29, 0.717) is 0 Å². The molecule has 0 spiro atoms. The van der Waals surface area contributed by atoms with Gasteiger partial charge in [0.05, 0.1) is 0 Å². The average Bonchev–Trinajstić information content (AvgIpc) is 2.24. The topological polar surface area (TPSA) is 35.5 Å². The largest absolute Gasteiger partial charge is 0.355 e. The molecule has 13 heavy (non-hydrogen) atoms. The van der Waals surface area contributed by atoms with Gasteiger partial charge in [0.2, 0.25) is 0 Å². The first-order valence-electron chi connectivity index (χ1n) is 4.16. The Kier molecular flexibility index (Phi) is 3.29. The van der Waals surface area contributed by atoms with E-state index in [4.69, 9.17) is 9.05 Å². The molecule has 1 unspecified atom stereocenters. The Morgan fingerprint density at radius 2 is 2.31 bits per heavy atom. The molecule has 1 aliphatic rings. The molecule has 1 rings (SSSR count). The molecule has 76 valence electrons. The Bertz CT molecular complexity index is 273. The highest BCUT2D eigenvalue weighted by atomic mass is 32.2. The number of hydrogen-bond acceptors (Lipinski definition) is 4. The van der Waals surface area contributed by atoms with Crippen LogP contribution in [0, 0.1) is 0 Å². The summed E-state index contributed by atoms with van der Waals surface area (Å²) < 4.78 is 22.0. The van der Waals surface area contributed by atoms with Gasteiger partial charge in [-0.25, -0.2) is 0 Å². The average molecular weight is 222 g/mol. The van der Waals surface area contributed by atoms with Gasteiger partial charge in [0, 0.05) is 17.8 Å². The second kappa shape index (κ2) is 3.77. The second-order valence-corrected chi connectivity index (χ2v) is 6.44. The number of rotatable bonds is 3. The lowest BCUT2D eigenvalue weighted by atomic mass is 10.1. The van der Waals surface area contributed by atoms with Crippen molar-refractivity contribution >= 4 is 19.4 Å². The van der Waals surface area contributed by atoms with Gasteiger partial charge in [-0.05, 0) is 19.6 Å². The third-order valence-electron chi connectivity index (χ3n) is 1.78. The summed E-state index contributed by atoms with van der Waals surface area (Å²) in [6, 6.07) is 0. The van der Waals surface area contributed by atoms with Crippen molar-refractivity contribution in [2.45, 2.75) is 26.4 Å². The van der Waals surface area contributed by atoms with Crippen LogP contribution in [-0.4, -0.2) is 18.5 Å². The van der Waals surface area contributed by atoms with Crippen LogP contribution in [0.4, 0.5) is 0 Å². The number of hydrogen-bond donors (Lipinski definition) is 0. The zero-order valence-electron chi connectivity index (χ0n) is 8.36. The maximum absolute atomic E-state index is 11.7. The minimum atomic E-state index is -2.94. The van der Waals surface area contributed by atoms with Crippen LogP contribution >= 0.6 is 19.4 Å². The van der Waals surface area contributed by atoms with Gasteiger partial charge in [0.15, 0.2) is 0 Å². The van der Waals surface area contributed by atoms with E-state index in [1.54, 1.807) is 17.6 Å². The smallest absolute Gasteiger partial charge is 0.309 e. The third-order valence-corrected chi connectivity index (χ3v) is 4.96. The van der Waals surface area contributed by atoms with Crippen LogP contribution in [0.2, 0.25) is 0 Å². The molecule has 0 fully saturated rings. The van der Waals surface area contributed by atoms with Crippen molar-refractivity contribution < 1.29 is 13.6 Å². The molecule has 5 heteroatoms. The fourth-order valence-electron chi connectivity index (χ4n) is 1.15. The van der Waals surface area contributed by atoms with Crippen molar-refractivity contribution in [3.05, 3.63) is 10.7 Å². The van der Waals surface area contributed by atoms with Crippen molar-refractivity contribution in [2.24, 2.45) is 0 Å². The summed E-state index contributed by atoms with van der Waals surface area (Å²) in [4.78, 5) is 1.00. The minimum Gasteiger partial charge on any atom is -0.309 e. The highest BCUT2D eigenvalue weighted by molar-refractivity contribution is 8.03. The normalized spacial score (nSPS) is 31.8. The van der Waals surface area contributed by atoms with Gasteiger partial charge < -0.3 is 4.52 Å². The molecule has 0 aromatic heterocycles. The van der Waals surface area contributed by atoms with E-state index in [2.05, 4.69) is 6.92 Å². The third kappa shape index (κ3) is 2.38. The summed E-state index contributed by atoms with van der Waals surface area (Å²) >= 11 is 1.65. The molecule has 0 aliphatic carbocycles. The van der Waals surface area contributed by atoms with Crippen LogP contribution in [0.15, 0.2) is 10.7 Å². The lowest BCUT2D eigenvalue weighted by molar-refractivity contribution is 0.142. The molecule has 0 radical (unpaired) electrons.